The van der Waals surface area contributed by atoms with Gasteiger partial charge in [0.25, 0.3) is 5.91 Å². The van der Waals surface area contributed by atoms with Crippen LogP contribution in [-0.4, -0.2) is 49.6 Å². The minimum atomic E-state index is -0.240. The predicted octanol–water partition coefficient (Wildman–Crippen LogP) is 2.25. The fourth-order valence-electron chi connectivity index (χ4n) is 2.85. The van der Waals surface area contributed by atoms with E-state index in [1.54, 1.807) is 11.0 Å². The van der Waals surface area contributed by atoms with Crippen molar-refractivity contribution in [2.24, 2.45) is 0 Å². The molecule has 2 amide bonds. The van der Waals surface area contributed by atoms with Crippen molar-refractivity contribution in [1.82, 2.24) is 10.2 Å². The Balaban J connectivity index is 1.64. The molecule has 0 aromatic heterocycles. The van der Waals surface area contributed by atoms with E-state index in [1.807, 2.05) is 43.3 Å². The second-order valence-electron chi connectivity index (χ2n) is 6.13. The normalized spacial score (nSPS) is 14.2. The van der Waals surface area contributed by atoms with E-state index in [1.165, 1.54) is 5.56 Å². The largest absolute Gasteiger partial charge is 0.378 e. The summed E-state index contributed by atoms with van der Waals surface area (Å²) < 4.78 is 5.23. The van der Waals surface area contributed by atoms with Crippen molar-refractivity contribution >= 4 is 11.8 Å². The molecular formula is C20H22N2O3. The maximum atomic E-state index is 12.4. The number of amides is 2. The van der Waals surface area contributed by atoms with Crippen LogP contribution >= 0.6 is 0 Å². The molecule has 0 unspecified atom stereocenters. The van der Waals surface area contributed by atoms with E-state index >= 15 is 0 Å². The van der Waals surface area contributed by atoms with Crippen LogP contribution < -0.4 is 5.32 Å². The maximum Gasteiger partial charge on any atom is 0.251 e. The molecule has 3 rings (SSSR count). The van der Waals surface area contributed by atoms with Crippen LogP contribution in [0.15, 0.2) is 48.5 Å². The van der Waals surface area contributed by atoms with Gasteiger partial charge in [0.1, 0.15) is 0 Å². The van der Waals surface area contributed by atoms with Crippen LogP contribution in [-0.2, 0) is 9.53 Å². The number of ether oxygens (including phenoxy) is 1. The molecule has 1 aliphatic heterocycles. The quantitative estimate of drug-likeness (QED) is 0.930. The molecule has 5 heteroatoms. The lowest BCUT2D eigenvalue weighted by Crippen LogP contribution is -2.45. The Kier molecular flexibility index (Phi) is 5.46. The Morgan fingerprint density at radius 3 is 2.44 bits per heavy atom. The fraction of sp³-hybridized carbons (Fsp3) is 0.300. The first-order chi connectivity index (χ1) is 12.1. The molecule has 0 aliphatic carbocycles. The van der Waals surface area contributed by atoms with Gasteiger partial charge in [-0.25, -0.2) is 0 Å². The van der Waals surface area contributed by atoms with Crippen molar-refractivity contribution in [1.29, 1.82) is 0 Å². The van der Waals surface area contributed by atoms with Crippen LogP contribution in [0.2, 0.25) is 0 Å². The molecule has 2 aromatic carbocycles. The first-order valence-corrected chi connectivity index (χ1v) is 8.44. The Morgan fingerprint density at radius 1 is 1.04 bits per heavy atom. The van der Waals surface area contributed by atoms with Gasteiger partial charge < -0.3 is 15.0 Å². The van der Waals surface area contributed by atoms with E-state index in [0.29, 0.717) is 31.9 Å². The fourth-order valence-corrected chi connectivity index (χ4v) is 2.85. The highest BCUT2D eigenvalue weighted by molar-refractivity contribution is 5.97. The van der Waals surface area contributed by atoms with E-state index < -0.39 is 0 Å². The summed E-state index contributed by atoms with van der Waals surface area (Å²) in [7, 11) is 0. The SMILES string of the molecule is Cc1cccc(-c2cccc(C(=O)NCC(=O)N3CCOCC3)c2)c1. The predicted molar refractivity (Wildman–Crippen MR) is 96.3 cm³/mol. The summed E-state index contributed by atoms with van der Waals surface area (Å²) in [6.07, 6.45) is 0. The highest BCUT2D eigenvalue weighted by atomic mass is 16.5. The molecule has 0 radical (unpaired) electrons. The lowest BCUT2D eigenvalue weighted by molar-refractivity contribution is -0.134. The van der Waals surface area contributed by atoms with Gasteiger partial charge in [0.15, 0.2) is 0 Å². The Morgan fingerprint density at radius 2 is 1.72 bits per heavy atom. The molecule has 0 spiro atoms. The third-order valence-electron chi connectivity index (χ3n) is 4.24. The van der Waals surface area contributed by atoms with Crippen LogP contribution in [0.5, 0.6) is 0 Å². The van der Waals surface area contributed by atoms with E-state index in [9.17, 15) is 9.59 Å². The van der Waals surface area contributed by atoms with Gasteiger partial charge in [0, 0.05) is 18.7 Å². The number of rotatable bonds is 4. The van der Waals surface area contributed by atoms with Gasteiger partial charge in [-0.15, -0.1) is 0 Å². The Hall–Kier alpha value is -2.66. The minimum absolute atomic E-state index is 0.00745. The average molecular weight is 338 g/mol. The Labute approximate surface area is 147 Å². The summed E-state index contributed by atoms with van der Waals surface area (Å²) in [5.74, 6) is -0.317. The number of morpholine rings is 1. The third-order valence-corrected chi connectivity index (χ3v) is 4.24. The second kappa shape index (κ2) is 7.94. The lowest BCUT2D eigenvalue weighted by atomic mass is 10.0. The van der Waals surface area contributed by atoms with Crippen molar-refractivity contribution < 1.29 is 14.3 Å². The summed E-state index contributed by atoms with van der Waals surface area (Å²) >= 11 is 0. The van der Waals surface area contributed by atoms with Crippen LogP contribution in [0.25, 0.3) is 11.1 Å². The smallest absolute Gasteiger partial charge is 0.251 e. The highest BCUT2D eigenvalue weighted by Crippen LogP contribution is 2.21. The summed E-state index contributed by atoms with van der Waals surface area (Å²) in [6.45, 7) is 4.32. The first kappa shape index (κ1) is 17.2. The van der Waals surface area contributed by atoms with Crippen LogP contribution in [0.4, 0.5) is 0 Å². The number of hydrogen-bond acceptors (Lipinski definition) is 3. The topological polar surface area (TPSA) is 58.6 Å². The monoisotopic (exact) mass is 338 g/mol. The molecular weight excluding hydrogens is 316 g/mol. The molecule has 1 aliphatic rings. The number of hydrogen-bond donors (Lipinski definition) is 1. The van der Waals surface area contributed by atoms with Crippen molar-refractivity contribution in [2.75, 3.05) is 32.8 Å². The standard InChI is InChI=1S/C20H22N2O3/c1-15-4-2-5-16(12-15)17-6-3-7-18(13-17)20(24)21-14-19(23)22-8-10-25-11-9-22/h2-7,12-13H,8-11,14H2,1H3,(H,21,24). The number of aryl methyl sites for hydroxylation is 1. The number of nitrogens with one attached hydrogen (secondary N) is 1. The van der Waals surface area contributed by atoms with Gasteiger partial charge in [-0.3, -0.25) is 9.59 Å². The van der Waals surface area contributed by atoms with Crippen molar-refractivity contribution in [3.8, 4) is 11.1 Å². The summed E-state index contributed by atoms with van der Waals surface area (Å²) in [4.78, 5) is 26.2. The molecule has 25 heavy (non-hydrogen) atoms. The molecule has 130 valence electrons. The second-order valence-corrected chi connectivity index (χ2v) is 6.13. The van der Waals surface area contributed by atoms with Gasteiger partial charge in [0.2, 0.25) is 5.91 Å². The van der Waals surface area contributed by atoms with Crippen LogP contribution in [0.1, 0.15) is 15.9 Å². The third kappa shape index (κ3) is 4.45. The average Bonchev–Trinajstić information content (AvgIpc) is 2.66. The molecule has 0 atom stereocenters. The Bertz CT molecular complexity index is 767. The zero-order valence-corrected chi connectivity index (χ0v) is 14.3. The van der Waals surface area contributed by atoms with Crippen molar-refractivity contribution in [3.63, 3.8) is 0 Å². The molecule has 0 bridgehead atoms. The van der Waals surface area contributed by atoms with E-state index in [-0.39, 0.29) is 18.4 Å². The molecule has 1 fully saturated rings. The molecule has 5 nitrogen and oxygen atoms in total. The zero-order chi connectivity index (χ0) is 17.6. The minimum Gasteiger partial charge on any atom is -0.378 e. The lowest BCUT2D eigenvalue weighted by Gasteiger charge is -2.26. The van der Waals surface area contributed by atoms with Gasteiger partial charge >= 0.3 is 0 Å². The number of carbonyl (C=O) groups excluding carboxylic acids is 2. The van der Waals surface area contributed by atoms with Gasteiger partial charge in [0.05, 0.1) is 19.8 Å². The van der Waals surface area contributed by atoms with Crippen LogP contribution in [0, 0.1) is 6.92 Å². The molecule has 1 heterocycles. The maximum absolute atomic E-state index is 12.4. The molecule has 0 saturated carbocycles. The van der Waals surface area contributed by atoms with Crippen LogP contribution in [0.3, 0.4) is 0 Å². The summed E-state index contributed by atoms with van der Waals surface area (Å²) in [5, 5.41) is 2.72. The number of carbonyl (C=O) groups is 2. The van der Waals surface area contributed by atoms with E-state index in [4.69, 9.17) is 4.74 Å². The van der Waals surface area contributed by atoms with Gasteiger partial charge in [-0.1, -0.05) is 42.0 Å². The highest BCUT2D eigenvalue weighted by Gasteiger charge is 2.17. The van der Waals surface area contributed by atoms with Crippen molar-refractivity contribution in [2.45, 2.75) is 6.92 Å². The molecule has 2 aromatic rings. The summed E-state index contributed by atoms with van der Waals surface area (Å²) in [5.41, 5.74) is 3.77. The van der Waals surface area contributed by atoms with E-state index in [0.717, 1.165) is 11.1 Å². The van der Waals surface area contributed by atoms with E-state index in [2.05, 4.69) is 11.4 Å². The zero-order valence-electron chi connectivity index (χ0n) is 14.3. The van der Waals surface area contributed by atoms with Gasteiger partial charge in [-0.05, 0) is 30.2 Å². The first-order valence-electron chi connectivity index (χ1n) is 8.44. The summed E-state index contributed by atoms with van der Waals surface area (Å²) in [6, 6.07) is 15.6. The molecule has 1 N–H and O–H groups in total. The molecule has 1 saturated heterocycles. The van der Waals surface area contributed by atoms with Gasteiger partial charge in [-0.2, -0.15) is 0 Å². The van der Waals surface area contributed by atoms with Crippen molar-refractivity contribution in [3.05, 3.63) is 59.7 Å². The number of benzene rings is 2. The number of nitrogens with zero attached hydrogens (tertiary/aromatic N) is 1.